The molecule has 0 bridgehead atoms. The number of hydrogen-bond donors (Lipinski definition) is 2. The zero-order valence-electron chi connectivity index (χ0n) is 20.2. The summed E-state index contributed by atoms with van der Waals surface area (Å²) in [7, 11) is 1.59. The quantitative estimate of drug-likeness (QED) is 0.204. The van der Waals surface area contributed by atoms with Crippen LogP contribution in [0.25, 0.3) is 11.3 Å². The molecule has 3 aromatic carbocycles. The van der Waals surface area contributed by atoms with Gasteiger partial charge in [-0.05, 0) is 48.6 Å². The van der Waals surface area contributed by atoms with Gasteiger partial charge in [-0.2, -0.15) is 0 Å². The molecule has 1 aliphatic rings. The van der Waals surface area contributed by atoms with Crippen molar-refractivity contribution in [3.8, 4) is 17.0 Å². The van der Waals surface area contributed by atoms with Gasteiger partial charge in [-0.15, -0.1) is 0 Å². The molecule has 1 aromatic heterocycles. The number of ether oxygens (including phenoxy) is 1. The van der Waals surface area contributed by atoms with Crippen molar-refractivity contribution in [1.29, 1.82) is 0 Å². The van der Waals surface area contributed by atoms with E-state index in [9.17, 15) is 22.8 Å². The fraction of sp³-hybridized carbons (Fsp3) is 0.179. The van der Waals surface area contributed by atoms with E-state index in [0.717, 1.165) is 24.0 Å². The van der Waals surface area contributed by atoms with E-state index in [1.807, 2.05) is 24.3 Å². The Morgan fingerprint density at radius 2 is 1.79 bits per heavy atom. The van der Waals surface area contributed by atoms with Crippen LogP contribution in [0.4, 0.5) is 18.9 Å². The molecule has 0 spiro atoms. The van der Waals surface area contributed by atoms with Crippen molar-refractivity contribution in [3.05, 3.63) is 105 Å². The van der Waals surface area contributed by atoms with Crippen LogP contribution in [0.2, 0.25) is 0 Å². The van der Waals surface area contributed by atoms with E-state index >= 15 is 0 Å². The number of carbonyl (C=O) groups excluding carboxylic acids is 1. The van der Waals surface area contributed by atoms with E-state index in [1.54, 1.807) is 31.4 Å². The van der Waals surface area contributed by atoms with E-state index < -0.39 is 28.9 Å². The molecule has 4 aromatic rings. The number of thioether (sulfide) groups is 1. The number of benzene rings is 3. The van der Waals surface area contributed by atoms with Crippen LogP contribution in [0.3, 0.4) is 0 Å². The van der Waals surface area contributed by atoms with Crippen molar-refractivity contribution in [2.24, 2.45) is 0 Å². The van der Waals surface area contributed by atoms with Crippen LogP contribution in [-0.2, 0) is 5.75 Å². The Bertz CT molecular complexity index is 1550. The molecule has 1 saturated carbocycles. The van der Waals surface area contributed by atoms with Gasteiger partial charge >= 0.3 is 0 Å². The number of carbonyl (C=O) groups is 1. The van der Waals surface area contributed by atoms with Crippen molar-refractivity contribution >= 4 is 23.4 Å². The van der Waals surface area contributed by atoms with Crippen molar-refractivity contribution in [2.75, 3.05) is 12.4 Å². The highest BCUT2D eigenvalue weighted by Gasteiger charge is 2.31. The fourth-order valence-corrected chi connectivity index (χ4v) is 4.88. The predicted molar refractivity (Wildman–Crippen MR) is 139 cm³/mol. The topological polar surface area (TPSA) is 84.1 Å². The summed E-state index contributed by atoms with van der Waals surface area (Å²) in [6.45, 7) is 0. The van der Waals surface area contributed by atoms with Crippen LogP contribution in [0.5, 0.6) is 5.75 Å². The lowest BCUT2D eigenvalue weighted by molar-refractivity contribution is 0.101. The summed E-state index contributed by atoms with van der Waals surface area (Å²) in [4.78, 5) is 32.9. The monoisotopic (exact) mass is 537 g/mol. The van der Waals surface area contributed by atoms with Gasteiger partial charge in [0.2, 0.25) is 0 Å². The molecular formula is C28H22F3N3O3S. The maximum atomic E-state index is 13.9. The summed E-state index contributed by atoms with van der Waals surface area (Å²) in [5.41, 5.74) is 2.32. The Balaban J connectivity index is 1.30. The number of nitrogens with one attached hydrogen (secondary N) is 2. The number of aromatic amines is 1. The first-order chi connectivity index (χ1) is 18.3. The van der Waals surface area contributed by atoms with Crippen LogP contribution >= 0.6 is 11.8 Å². The largest absolute Gasteiger partial charge is 0.497 e. The van der Waals surface area contributed by atoms with Gasteiger partial charge in [0.1, 0.15) is 28.8 Å². The molecule has 0 unspecified atom stereocenters. The van der Waals surface area contributed by atoms with E-state index in [0.29, 0.717) is 45.7 Å². The summed E-state index contributed by atoms with van der Waals surface area (Å²) in [5.74, 6) is -3.34. The van der Waals surface area contributed by atoms with Gasteiger partial charge in [0.05, 0.1) is 12.8 Å². The average Bonchev–Trinajstić information content (AvgIpc) is 3.72. The molecule has 0 saturated heterocycles. The van der Waals surface area contributed by atoms with Gasteiger partial charge in [0, 0.05) is 34.7 Å². The van der Waals surface area contributed by atoms with Gasteiger partial charge < -0.3 is 15.0 Å². The Morgan fingerprint density at radius 3 is 2.45 bits per heavy atom. The number of H-pyrrole nitrogens is 1. The smallest absolute Gasteiger partial charge is 0.261 e. The highest BCUT2D eigenvalue weighted by Crippen LogP contribution is 2.42. The second-order valence-electron chi connectivity index (χ2n) is 8.82. The van der Waals surface area contributed by atoms with Crippen molar-refractivity contribution < 1.29 is 22.7 Å². The summed E-state index contributed by atoms with van der Waals surface area (Å²) in [6.07, 6.45) is 1.91. The number of methoxy groups -OCH3 is 1. The molecule has 0 aliphatic heterocycles. The molecule has 1 fully saturated rings. The number of halogens is 3. The van der Waals surface area contributed by atoms with Gasteiger partial charge in [-0.1, -0.05) is 36.0 Å². The van der Waals surface area contributed by atoms with Gasteiger partial charge in [-0.3, -0.25) is 9.59 Å². The fourth-order valence-electron chi connectivity index (χ4n) is 4.06. The Morgan fingerprint density at radius 1 is 1.08 bits per heavy atom. The number of nitrogens with zero attached hydrogens (tertiary/aromatic N) is 1. The normalized spacial score (nSPS) is 12.8. The molecular weight excluding hydrogens is 515 g/mol. The number of anilines is 1. The maximum absolute atomic E-state index is 13.9. The van der Waals surface area contributed by atoms with Crippen molar-refractivity contribution in [2.45, 2.75) is 29.7 Å². The molecule has 10 heteroatoms. The van der Waals surface area contributed by atoms with Crippen LogP contribution < -0.4 is 15.6 Å². The van der Waals surface area contributed by atoms with E-state index in [1.165, 1.54) is 11.8 Å². The molecule has 0 radical (unpaired) electrons. The summed E-state index contributed by atoms with van der Waals surface area (Å²) in [6, 6.07) is 15.0. The third-order valence-electron chi connectivity index (χ3n) is 6.08. The Labute approximate surface area is 220 Å². The lowest BCUT2D eigenvalue weighted by Gasteiger charge is -2.11. The molecule has 1 heterocycles. The van der Waals surface area contributed by atoms with Crippen molar-refractivity contribution in [3.63, 3.8) is 0 Å². The first-order valence-electron chi connectivity index (χ1n) is 11.8. The number of aromatic nitrogens is 2. The highest BCUT2D eigenvalue weighted by molar-refractivity contribution is 7.98. The molecule has 6 nitrogen and oxygen atoms in total. The minimum Gasteiger partial charge on any atom is -0.497 e. The SMILES string of the molecule is COc1cccc(-c2nc(SCc3ccc(NC(=O)c4c(F)cc(F)cc4F)cc3)[nH]c(=O)c2C2CC2)c1. The van der Waals surface area contributed by atoms with Crippen LogP contribution in [0.1, 0.15) is 40.2 Å². The average molecular weight is 538 g/mol. The summed E-state index contributed by atoms with van der Waals surface area (Å²) in [5, 5.41) is 2.88. The minimum absolute atomic E-state index is 0.152. The zero-order valence-corrected chi connectivity index (χ0v) is 21.0. The number of rotatable bonds is 8. The van der Waals surface area contributed by atoms with Gasteiger partial charge in [-0.25, -0.2) is 18.2 Å². The third-order valence-corrected chi connectivity index (χ3v) is 7.03. The van der Waals surface area contributed by atoms with Crippen molar-refractivity contribution in [1.82, 2.24) is 9.97 Å². The number of hydrogen-bond acceptors (Lipinski definition) is 5. The first-order valence-corrected chi connectivity index (χ1v) is 12.8. The Hall–Kier alpha value is -4.05. The van der Waals surface area contributed by atoms with Gasteiger partial charge in [0.15, 0.2) is 5.16 Å². The minimum atomic E-state index is -1.28. The standard InChI is InChI=1S/C28H22F3N3O3S/c1-37-20-4-2-3-17(11-20)25-23(16-7-8-16)26(35)34-28(33-25)38-14-15-5-9-19(10-6-15)32-27(36)24-21(30)12-18(29)13-22(24)31/h2-6,9-13,16H,7-8,14H2,1H3,(H,32,36)(H,33,34,35). The molecule has 2 N–H and O–H groups in total. The zero-order chi connectivity index (χ0) is 26.8. The van der Waals surface area contributed by atoms with E-state index in [4.69, 9.17) is 9.72 Å². The molecule has 0 atom stereocenters. The third kappa shape index (κ3) is 5.60. The highest BCUT2D eigenvalue weighted by atomic mass is 32.2. The van der Waals surface area contributed by atoms with E-state index in [-0.39, 0.29) is 11.5 Å². The second-order valence-corrected chi connectivity index (χ2v) is 9.79. The maximum Gasteiger partial charge on any atom is 0.261 e. The van der Waals surface area contributed by atoms with Gasteiger partial charge in [0.25, 0.3) is 11.5 Å². The number of amides is 1. The molecule has 194 valence electrons. The van der Waals surface area contributed by atoms with Crippen LogP contribution in [0.15, 0.2) is 70.6 Å². The molecule has 38 heavy (non-hydrogen) atoms. The second kappa shape index (κ2) is 10.7. The molecule has 5 rings (SSSR count). The predicted octanol–water partition coefficient (Wildman–Crippen LogP) is 6.28. The van der Waals surface area contributed by atoms with E-state index in [2.05, 4.69) is 10.3 Å². The lowest BCUT2D eigenvalue weighted by atomic mass is 10.0. The molecule has 1 aliphatic carbocycles. The molecule has 1 amide bonds. The van der Waals surface area contributed by atoms with Crippen LogP contribution in [-0.4, -0.2) is 23.0 Å². The summed E-state index contributed by atoms with van der Waals surface area (Å²) >= 11 is 1.35. The first kappa shape index (κ1) is 25.6. The summed E-state index contributed by atoms with van der Waals surface area (Å²) < 4.78 is 46.2. The lowest BCUT2D eigenvalue weighted by Crippen LogP contribution is -2.16. The Kier molecular flexibility index (Phi) is 7.24. The van der Waals surface area contributed by atoms with Crippen LogP contribution in [0, 0.1) is 17.5 Å².